The molecule has 0 bridgehead atoms. The largest absolute Gasteiger partial charge is 0.495 e. The molecule has 25 heavy (non-hydrogen) atoms. The molecule has 2 rings (SSSR count). The molecule has 0 fully saturated rings. The van der Waals surface area contributed by atoms with Crippen molar-refractivity contribution in [3.63, 3.8) is 0 Å². The van der Waals surface area contributed by atoms with Crippen LogP contribution in [0.15, 0.2) is 42.5 Å². The van der Waals surface area contributed by atoms with Gasteiger partial charge in [-0.25, -0.2) is 12.8 Å². The second-order valence-corrected chi connectivity index (χ2v) is 7.49. The molecule has 6 nitrogen and oxygen atoms in total. The van der Waals surface area contributed by atoms with Crippen molar-refractivity contribution in [2.24, 2.45) is 0 Å². The lowest BCUT2D eigenvalue weighted by atomic mass is 10.3. The van der Waals surface area contributed by atoms with Gasteiger partial charge in [0, 0.05) is 5.02 Å². The number of ether oxygens (including phenoxy) is 1. The van der Waals surface area contributed by atoms with Crippen LogP contribution in [0.2, 0.25) is 5.02 Å². The Bertz CT molecular complexity index is 889. The molecule has 0 aliphatic heterocycles. The van der Waals surface area contributed by atoms with E-state index in [2.05, 4.69) is 5.32 Å². The number of methoxy groups -OCH3 is 1. The fourth-order valence-electron chi connectivity index (χ4n) is 2.13. The van der Waals surface area contributed by atoms with Gasteiger partial charge in [-0.05, 0) is 36.4 Å². The summed E-state index contributed by atoms with van der Waals surface area (Å²) in [6, 6.07) is 9.61. The van der Waals surface area contributed by atoms with Crippen LogP contribution in [-0.2, 0) is 14.8 Å². The Morgan fingerprint density at radius 2 is 2.00 bits per heavy atom. The number of nitrogens with zero attached hydrogens (tertiary/aromatic N) is 1. The van der Waals surface area contributed by atoms with E-state index < -0.39 is 28.3 Å². The minimum atomic E-state index is -3.80. The fourth-order valence-corrected chi connectivity index (χ4v) is 3.15. The van der Waals surface area contributed by atoms with Gasteiger partial charge in [-0.3, -0.25) is 9.10 Å². The first kappa shape index (κ1) is 19.0. The number of carbonyl (C=O) groups excluding carboxylic acids is 1. The van der Waals surface area contributed by atoms with Gasteiger partial charge in [0.1, 0.15) is 18.1 Å². The van der Waals surface area contributed by atoms with Crippen LogP contribution >= 0.6 is 11.6 Å². The van der Waals surface area contributed by atoms with E-state index >= 15 is 0 Å². The van der Waals surface area contributed by atoms with E-state index in [0.717, 1.165) is 16.6 Å². The van der Waals surface area contributed by atoms with E-state index in [1.54, 1.807) is 12.1 Å². The van der Waals surface area contributed by atoms with Crippen molar-refractivity contribution >= 4 is 38.9 Å². The van der Waals surface area contributed by atoms with Gasteiger partial charge in [-0.15, -0.1) is 0 Å². The van der Waals surface area contributed by atoms with Gasteiger partial charge < -0.3 is 10.1 Å². The minimum Gasteiger partial charge on any atom is -0.495 e. The Balaban J connectivity index is 2.25. The number of carbonyl (C=O) groups is 1. The molecule has 0 heterocycles. The Morgan fingerprint density at radius 1 is 1.28 bits per heavy atom. The maximum Gasteiger partial charge on any atom is 0.245 e. The summed E-state index contributed by atoms with van der Waals surface area (Å²) in [6.45, 7) is -0.530. The molecule has 2 aromatic rings. The average Bonchev–Trinajstić information content (AvgIpc) is 2.52. The maximum atomic E-state index is 13.4. The summed E-state index contributed by atoms with van der Waals surface area (Å²) in [5, 5.41) is 2.92. The van der Waals surface area contributed by atoms with Gasteiger partial charge in [-0.1, -0.05) is 17.7 Å². The van der Waals surface area contributed by atoms with E-state index in [1.165, 1.54) is 31.4 Å². The molecule has 0 aliphatic rings. The summed E-state index contributed by atoms with van der Waals surface area (Å²) in [6.07, 6.45) is 0.936. The van der Waals surface area contributed by atoms with Crippen LogP contribution in [0, 0.1) is 5.82 Å². The molecule has 0 unspecified atom stereocenters. The van der Waals surface area contributed by atoms with Gasteiger partial charge in [0.2, 0.25) is 15.9 Å². The number of hydrogen-bond donors (Lipinski definition) is 1. The zero-order valence-corrected chi connectivity index (χ0v) is 15.1. The molecule has 0 aromatic heterocycles. The quantitative estimate of drug-likeness (QED) is 0.828. The summed E-state index contributed by atoms with van der Waals surface area (Å²) < 4.78 is 43.3. The van der Waals surface area contributed by atoms with Crippen LogP contribution in [0.3, 0.4) is 0 Å². The molecular weight excluding hydrogens is 371 g/mol. The van der Waals surface area contributed by atoms with Crippen molar-refractivity contribution in [3.8, 4) is 5.75 Å². The molecule has 1 N–H and O–H groups in total. The Hall–Kier alpha value is -2.32. The molecule has 0 radical (unpaired) electrons. The number of nitrogens with one attached hydrogen (secondary N) is 1. The third-order valence-electron chi connectivity index (χ3n) is 3.22. The van der Waals surface area contributed by atoms with Gasteiger partial charge in [-0.2, -0.15) is 0 Å². The Kier molecular flexibility index (Phi) is 5.86. The number of amides is 1. The van der Waals surface area contributed by atoms with Crippen LogP contribution in [0.4, 0.5) is 15.8 Å². The van der Waals surface area contributed by atoms with Gasteiger partial charge in [0.25, 0.3) is 0 Å². The molecule has 0 saturated carbocycles. The molecule has 134 valence electrons. The maximum absolute atomic E-state index is 13.4. The third kappa shape index (κ3) is 5.07. The van der Waals surface area contributed by atoms with Crippen LogP contribution < -0.4 is 14.4 Å². The van der Waals surface area contributed by atoms with Gasteiger partial charge in [0.05, 0.1) is 24.7 Å². The Morgan fingerprint density at radius 3 is 2.60 bits per heavy atom. The van der Waals surface area contributed by atoms with E-state index in [9.17, 15) is 17.6 Å². The lowest BCUT2D eigenvalue weighted by Gasteiger charge is -2.22. The lowest BCUT2D eigenvalue weighted by Crippen LogP contribution is -2.37. The predicted molar refractivity (Wildman–Crippen MR) is 95.2 cm³/mol. The summed E-state index contributed by atoms with van der Waals surface area (Å²) in [4.78, 5) is 12.3. The number of anilines is 2. The molecule has 2 aromatic carbocycles. The van der Waals surface area contributed by atoms with Crippen LogP contribution in [-0.4, -0.2) is 34.2 Å². The minimum absolute atomic E-state index is 0.0516. The van der Waals surface area contributed by atoms with Gasteiger partial charge in [0.15, 0.2) is 0 Å². The summed E-state index contributed by atoms with van der Waals surface area (Å²) in [5.74, 6) is -0.868. The normalized spacial score (nSPS) is 11.0. The summed E-state index contributed by atoms with van der Waals surface area (Å²) >= 11 is 5.89. The first-order chi connectivity index (χ1) is 11.7. The highest BCUT2D eigenvalue weighted by atomic mass is 35.5. The number of rotatable bonds is 6. The van der Waals surface area contributed by atoms with Crippen molar-refractivity contribution in [1.29, 1.82) is 0 Å². The molecule has 9 heteroatoms. The molecule has 1 amide bonds. The number of sulfonamides is 1. The second kappa shape index (κ2) is 7.71. The number of hydrogen-bond acceptors (Lipinski definition) is 4. The number of benzene rings is 2. The van der Waals surface area contributed by atoms with Crippen molar-refractivity contribution in [3.05, 3.63) is 53.3 Å². The molecular formula is C16H16ClFN2O4S. The van der Waals surface area contributed by atoms with Crippen molar-refractivity contribution < 1.29 is 22.3 Å². The zero-order chi connectivity index (χ0) is 18.6. The van der Waals surface area contributed by atoms with Gasteiger partial charge >= 0.3 is 0 Å². The Labute approximate surface area is 150 Å². The summed E-state index contributed by atoms with van der Waals surface area (Å²) in [5.41, 5.74) is 0.350. The number of halogens is 2. The van der Waals surface area contributed by atoms with Crippen LogP contribution in [0.1, 0.15) is 0 Å². The topological polar surface area (TPSA) is 75.7 Å². The summed E-state index contributed by atoms with van der Waals surface area (Å²) in [7, 11) is -2.37. The third-order valence-corrected chi connectivity index (χ3v) is 4.60. The smallest absolute Gasteiger partial charge is 0.245 e. The highest BCUT2D eigenvalue weighted by molar-refractivity contribution is 7.92. The molecule has 0 saturated heterocycles. The van der Waals surface area contributed by atoms with Crippen LogP contribution in [0.5, 0.6) is 5.75 Å². The molecule has 0 aliphatic carbocycles. The first-order valence-corrected chi connectivity index (χ1v) is 9.30. The lowest BCUT2D eigenvalue weighted by molar-refractivity contribution is -0.114. The monoisotopic (exact) mass is 386 g/mol. The highest BCUT2D eigenvalue weighted by Gasteiger charge is 2.22. The fraction of sp³-hybridized carbons (Fsp3) is 0.188. The second-order valence-electron chi connectivity index (χ2n) is 5.14. The molecule has 0 spiro atoms. The first-order valence-electron chi connectivity index (χ1n) is 7.07. The highest BCUT2D eigenvalue weighted by Crippen LogP contribution is 2.28. The van der Waals surface area contributed by atoms with E-state index in [0.29, 0.717) is 16.5 Å². The van der Waals surface area contributed by atoms with E-state index in [1.807, 2.05) is 0 Å². The SMILES string of the molecule is COc1ccc(Cl)cc1NC(=O)CN(c1cccc(F)c1)S(C)(=O)=O. The van der Waals surface area contributed by atoms with Crippen LogP contribution in [0.25, 0.3) is 0 Å². The average molecular weight is 387 g/mol. The van der Waals surface area contributed by atoms with Crippen molar-refractivity contribution in [2.75, 3.05) is 29.5 Å². The predicted octanol–water partition coefficient (Wildman–Crippen LogP) is 2.89. The van der Waals surface area contributed by atoms with E-state index in [-0.39, 0.29) is 5.69 Å². The van der Waals surface area contributed by atoms with Crippen molar-refractivity contribution in [1.82, 2.24) is 0 Å². The van der Waals surface area contributed by atoms with E-state index in [4.69, 9.17) is 16.3 Å². The standard InChI is InChI=1S/C16H16ClFN2O4S/c1-24-15-7-6-11(17)8-14(15)19-16(21)10-20(25(2,22)23)13-5-3-4-12(18)9-13/h3-9H,10H2,1-2H3,(H,19,21). The molecule has 0 atom stereocenters. The van der Waals surface area contributed by atoms with Crippen molar-refractivity contribution in [2.45, 2.75) is 0 Å². The zero-order valence-electron chi connectivity index (χ0n) is 13.5.